The van der Waals surface area contributed by atoms with Crippen LogP contribution in [0.2, 0.25) is 0 Å². The van der Waals surface area contributed by atoms with Crippen molar-refractivity contribution in [2.75, 3.05) is 20.2 Å². The van der Waals surface area contributed by atoms with Gasteiger partial charge in [-0.25, -0.2) is 0 Å². The Labute approximate surface area is 112 Å². The molecule has 0 rings (SSSR count). The Morgan fingerprint density at radius 1 is 1.17 bits per heavy atom. The van der Waals surface area contributed by atoms with Crippen molar-refractivity contribution < 1.29 is 4.74 Å². The molecule has 0 unspecified atom stereocenters. The molecule has 0 aromatic heterocycles. The zero-order valence-corrected chi connectivity index (χ0v) is 12.6. The minimum absolute atomic E-state index is 0.244. The fourth-order valence-corrected chi connectivity index (χ4v) is 1.52. The highest BCUT2D eigenvalue weighted by Gasteiger charge is 2.15. The maximum absolute atomic E-state index is 5.78. The van der Waals surface area contributed by atoms with Crippen molar-refractivity contribution in [2.45, 2.75) is 64.9 Å². The SMILES string of the molecule is CCCCCCCCNC(N)=NCC(C)(C)OC. The standard InChI is InChI=1S/C14H31N3O/c1-5-6-7-8-9-10-11-16-13(15)17-12-14(2,3)18-4/h5-12H2,1-4H3,(H3,15,16,17). The van der Waals surface area contributed by atoms with Crippen molar-refractivity contribution >= 4 is 5.96 Å². The summed E-state index contributed by atoms with van der Waals surface area (Å²) in [5.74, 6) is 0.522. The molecule has 0 aliphatic carbocycles. The molecule has 108 valence electrons. The van der Waals surface area contributed by atoms with Crippen LogP contribution in [-0.2, 0) is 4.74 Å². The van der Waals surface area contributed by atoms with E-state index in [4.69, 9.17) is 10.5 Å². The minimum Gasteiger partial charge on any atom is -0.377 e. The van der Waals surface area contributed by atoms with Crippen molar-refractivity contribution in [1.82, 2.24) is 5.32 Å². The lowest BCUT2D eigenvalue weighted by molar-refractivity contribution is 0.0311. The van der Waals surface area contributed by atoms with Gasteiger partial charge in [0, 0.05) is 13.7 Å². The molecular weight excluding hydrogens is 226 g/mol. The fraction of sp³-hybridized carbons (Fsp3) is 0.929. The van der Waals surface area contributed by atoms with Crippen molar-refractivity contribution in [3.8, 4) is 0 Å². The van der Waals surface area contributed by atoms with E-state index >= 15 is 0 Å². The molecule has 0 saturated carbocycles. The first-order valence-corrected chi connectivity index (χ1v) is 7.11. The van der Waals surface area contributed by atoms with E-state index in [0.717, 1.165) is 13.0 Å². The number of aliphatic imine (C=N–C) groups is 1. The molecule has 0 aliphatic heterocycles. The molecule has 4 heteroatoms. The van der Waals surface area contributed by atoms with E-state index in [1.807, 2.05) is 13.8 Å². The Morgan fingerprint density at radius 2 is 1.78 bits per heavy atom. The Bertz CT molecular complexity index is 227. The largest absolute Gasteiger partial charge is 0.377 e. The number of nitrogens with zero attached hydrogens (tertiary/aromatic N) is 1. The second-order valence-electron chi connectivity index (χ2n) is 5.36. The molecule has 0 aromatic carbocycles. The molecular formula is C14H31N3O. The number of guanidine groups is 1. The predicted octanol–water partition coefficient (Wildman–Crippen LogP) is 2.68. The highest BCUT2D eigenvalue weighted by Crippen LogP contribution is 2.07. The first-order chi connectivity index (χ1) is 8.52. The van der Waals surface area contributed by atoms with Crippen LogP contribution in [0, 0.1) is 0 Å². The van der Waals surface area contributed by atoms with E-state index in [2.05, 4.69) is 17.2 Å². The summed E-state index contributed by atoms with van der Waals surface area (Å²) in [5, 5.41) is 3.14. The summed E-state index contributed by atoms with van der Waals surface area (Å²) < 4.78 is 5.28. The molecule has 0 aliphatic rings. The van der Waals surface area contributed by atoms with E-state index < -0.39 is 0 Å². The summed E-state index contributed by atoms with van der Waals surface area (Å²) in [7, 11) is 1.69. The maximum Gasteiger partial charge on any atom is 0.188 e. The molecule has 0 spiro atoms. The number of hydrogen-bond donors (Lipinski definition) is 2. The second-order valence-corrected chi connectivity index (χ2v) is 5.36. The Kier molecular flexibility index (Phi) is 9.74. The topological polar surface area (TPSA) is 59.6 Å². The van der Waals surface area contributed by atoms with E-state index in [-0.39, 0.29) is 5.60 Å². The average Bonchev–Trinajstić information content (AvgIpc) is 2.35. The third-order valence-electron chi connectivity index (χ3n) is 3.02. The normalized spacial score (nSPS) is 12.8. The van der Waals surface area contributed by atoms with Crippen molar-refractivity contribution in [2.24, 2.45) is 10.7 Å². The van der Waals surface area contributed by atoms with Crippen LogP contribution in [-0.4, -0.2) is 31.8 Å². The summed E-state index contributed by atoms with van der Waals surface area (Å²) in [6.45, 7) is 7.73. The Morgan fingerprint density at radius 3 is 2.39 bits per heavy atom. The van der Waals surface area contributed by atoms with Crippen LogP contribution < -0.4 is 11.1 Å². The van der Waals surface area contributed by atoms with Crippen LogP contribution in [0.15, 0.2) is 4.99 Å². The van der Waals surface area contributed by atoms with E-state index in [1.54, 1.807) is 7.11 Å². The van der Waals surface area contributed by atoms with E-state index in [1.165, 1.54) is 32.1 Å². The van der Waals surface area contributed by atoms with Gasteiger partial charge in [0.05, 0.1) is 12.1 Å². The highest BCUT2D eigenvalue weighted by molar-refractivity contribution is 5.77. The van der Waals surface area contributed by atoms with Gasteiger partial charge in [-0.15, -0.1) is 0 Å². The number of nitrogens with one attached hydrogen (secondary N) is 1. The molecule has 0 radical (unpaired) electrons. The molecule has 3 N–H and O–H groups in total. The summed E-state index contributed by atoms with van der Waals surface area (Å²) in [6, 6.07) is 0. The van der Waals surface area contributed by atoms with Gasteiger partial charge in [-0.3, -0.25) is 4.99 Å². The van der Waals surface area contributed by atoms with Crippen LogP contribution in [0.1, 0.15) is 59.3 Å². The number of ether oxygens (including phenoxy) is 1. The molecule has 0 fully saturated rings. The molecule has 18 heavy (non-hydrogen) atoms. The lowest BCUT2D eigenvalue weighted by Crippen LogP contribution is -2.35. The second kappa shape index (κ2) is 10.2. The number of nitrogens with two attached hydrogens (primary N) is 1. The lowest BCUT2D eigenvalue weighted by atomic mass is 10.1. The van der Waals surface area contributed by atoms with Gasteiger partial charge >= 0.3 is 0 Å². The van der Waals surface area contributed by atoms with Crippen LogP contribution in [0.5, 0.6) is 0 Å². The molecule has 0 atom stereocenters. The third-order valence-corrected chi connectivity index (χ3v) is 3.02. The van der Waals surface area contributed by atoms with Crippen LogP contribution >= 0.6 is 0 Å². The van der Waals surface area contributed by atoms with Crippen LogP contribution in [0.3, 0.4) is 0 Å². The van der Waals surface area contributed by atoms with Gasteiger partial charge < -0.3 is 15.8 Å². The third kappa shape index (κ3) is 10.4. The molecule has 0 heterocycles. The van der Waals surface area contributed by atoms with Gasteiger partial charge in [-0.1, -0.05) is 39.0 Å². The van der Waals surface area contributed by atoms with Crippen LogP contribution in [0.4, 0.5) is 0 Å². The summed E-state index contributed by atoms with van der Waals surface area (Å²) in [4.78, 5) is 4.27. The Balaban J connectivity index is 3.52. The number of methoxy groups -OCH3 is 1. The first-order valence-electron chi connectivity index (χ1n) is 7.11. The molecule has 0 bridgehead atoms. The molecule has 0 aromatic rings. The average molecular weight is 257 g/mol. The quantitative estimate of drug-likeness (QED) is 0.359. The van der Waals surface area contributed by atoms with E-state index in [0.29, 0.717) is 12.5 Å². The summed E-state index contributed by atoms with van der Waals surface area (Å²) in [5.41, 5.74) is 5.54. The zero-order valence-electron chi connectivity index (χ0n) is 12.6. The van der Waals surface area contributed by atoms with Crippen molar-refractivity contribution in [1.29, 1.82) is 0 Å². The fourth-order valence-electron chi connectivity index (χ4n) is 1.52. The molecule has 0 saturated heterocycles. The van der Waals surface area contributed by atoms with Gasteiger partial charge in [-0.2, -0.15) is 0 Å². The van der Waals surface area contributed by atoms with Gasteiger partial charge in [-0.05, 0) is 20.3 Å². The zero-order chi connectivity index (χ0) is 13.9. The van der Waals surface area contributed by atoms with Crippen molar-refractivity contribution in [3.63, 3.8) is 0 Å². The number of unbranched alkanes of at least 4 members (excludes halogenated alkanes) is 5. The molecule has 0 amide bonds. The number of hydrogen-bond acceptors (Lipinski definition) is 2. The van der Waals surface area contributed by atoms with E-state index in [9.17, 15) is 0 Å². The number of rotatable bonds is 10. The Hall–Kier alpha value is -0.770. The monoisotopic (exact) mass is 257 g/mol. The summed E-state index contributed by atoms with van der Waals surface area (Å²) in [6.07, 6.45) is 7.75. The highest BCUT2D eigenvalue weighted by atomic mass is 16.5. The first kappa shape index (κ1) is 17.2. The van der Waals surface area contributed by atoms with Gasteiger partial charge in [0.25, 0.3) is 0 Å². The lowest BCUT2D eigenvalue weighted by Gasteiger charge is -2.20. The predicted molar refractivity (Wildman–Crippen MR) is 79.0 cm³/mol. The van der Waals surface area contributed by atoms with Gasteiger partial charge in [0.15, 0.2) is 5.96 Å². The minimum atomic E-state index is -0.244. The molecule has 4 nitrogen and oxygen atoms in total. The smallest absolute Gasteiger partial charge is 0.188 e. The summed E-state index contributed by atoms with van der Waals surface area (Å²) >= 11 is 0. The van der Waals surface area contributed by atoms with Gasteiger partial charge in [0.2, 0.25) is 0 Å². The van der Waals surface area contributed by atoms with Gasteiger partial charge in [0.1, 0.15) is 0 Å². The van der Waals surface area contributed by atoms with Crippen molar-refractivity contribution in [3.05, 3.63) is 0 Å². The van der Waals surface area contributed by atoms with Crippen LogP contribution in [0.25, 0.3) is 0 Å². The maximum atomic E-state index is 5.78.